The summed E-state index contributed by atoms with van der Waals surface area (Å²) in [6.45, 7) is 5.70. The molecule has 0 radical (unpaired) electrons. The number of piperazine rings is 1. The molecule has 142 valence electrons. The van der Waals surface area contributed by atoms with Crippen molar-refractivity contribution < 1.29 is 4.79 Å². The Morgan fingerprint density at radius 3 is 2.48 bits per heavy atom. The third-order valence-electron chi connectivity index (χ3n) is 4.95. The summed E-state index contributed by atoms with van der Waals surface area (Å²) in [6.07, 6.45) is 2.37. The molecule has 2 N–H and O–H groups in total. The number of hydrogen-bond donors (Lipinski definition) is 2. The predicted molar refractivity (Wildman–Crippen MR) is 107 cm³/mol. The fourth-order valence-electron chi connectivity index (χ4n) is 3.49. The summed E-state index contributed by atoms with van der Waals surface area (Å²) in [4.78, 5) is 17.5. The van der Waals surface area contributed by atoms with Crippen molar-refractivity contribution in [3.63, 3.8) is 0 Å². The maximum absolute atomic E-state index is 12.9. The van der Waals surface area contributed by atoms with E-state index in [0.717, 1.165) is 51.3 Å². The molecule has 0 saturated carbocycles. The number of amides is 1. The van der Waals surface area contributed by atoms with Gasteiger partial charge in [0, 0.05) is 38.8 Å². The van der Waals surface area contributed by atoms with Crippen LogP contribution in [0.1, 0.15) is 24.4 Å². The molecule has 2 aliphatic rings. The topological polar surface area (TPSA) is 47.6 Å². The molecule has 0 spiro atoms. The van der Waals surface area contributed by atoms with Gasteiger partial charge < -0.3 is 15.5 Å². The van der Waals surface area contributed by atoms with Crippen LogP contribution in [-0.4, -0.2) is 68.1 Å². The summed E-state index contributed by atoms with van der Waals surface area (Å²) in [7, 11) is 2.14. The van der Waals surface area contributed by atoms with Gasteiger partial charge in [-0.1, -0.05) is 30.3 Å². The molecule has 25 heavy (non-hydrogen) atoms. The first-order valence-corrected chi connectivity index (χ1v) is 8.72. The summed E-state index contributed by atoms with van der Waals surface area (Å²) in [6, 6.07) is 10.4. The van der Waals surface area contributed by atoms with E-state index in [-0.39, 0.29) is 36.8 Å². The van der Waals surface area contributed by atoms with Gasteiger partial charge in [0.25, 0.3) is 0 Å². The van der Waals surface area contributed by atoms with Gasteiger partial charge in [-0.3, -0.25) is 9.69 Å². The van der Waals surface area contributed by atoms with Crippen molar-refractivity contribution in [2.45, 2.75) is 24.9 Å². The highest BCUT2D eigenvalue weighted by molar-refractivity contribution is 5.85. The van der Waals surface area contributed by atoms with E-state index in [0.29, 0.717) is 6.04 Å². The fraction of sp³-hybridized carbons (Fsp3) is 0.611. The first kappa shape index (κ1) is 22.2. The Morgan fingerprint density at radius 1 is 1.20 bits per heavy atom. The highest BCUT2D eigenvalue weighted by atomic mass is 35.5. The maximum Gasteiger partial charge on any atom is 0.242 e. The molecule has 2 saturated heterocycles. The first-order valence-electron chi connectivity index (χ1n) is 8.72. The van der Waals surface area contributed by atoms with Crippen molar-refractivity contribution >= 4 is 30.7 Å². The zero-order valence-corrected chi connectivity index (χ0v) is 16.5. The Labute approximate surface area is 163 Å². The number of nitrogens with zero attached hydrogens (tertiary/aromatic N) is 2. The Bertz CT molecular complexity index is 503. The molecule has 2 fully saturated rings. The van der Waals surface area contributed by atoms with E-state index in [1.165, 1.54) is 6.42 Å². The summed E-state index contributed by atoms with van der Waals surface area (Å²) in [5.41, 5.74) is 1.09. The lowest BCUT2D eigenvalue weighted by atomic mass is 10.0. The molecule has 2 aliphatic heterocycles. The van der Waals surface area contributed by atoms with Gasteiger partial charge in [0.1, 0.15) is 6.04 Å². The number of benzene rings is 1. The minimum atomic E-state index is -0.175. The van der Waals surface area contributed by atoms with E-state index in [4.69, 9.17) is 0 Å². The molecule has 0 bridgehead atoms. The Balaban J connectivity index is 0.00000156. The van der Waals surface area contributed by atoms with Crippen molar-refractivity contribution in [2.75, 3.05) is 46.3 Å². The van der Waals surface area contributed by atoms with Gasteiger partial charge >= 0.3 is 0 Å². The van der Waals surface area contributed by atoms with Crippen LogP contribution in [0.2, 0.25) is 0 Å². The summed E-state index contributed by atoms with van der Waals surface area (Å²) >= 11 is 0. The Morgan fingerprint density at radius 2 is 1.88 bits per heavy atom. The van der Waals surface area contributed by atoms with Crippen LogP contribution in [0.25, 0.3) is 0 Å². The van der Waals surface area contributed by atoms with Crippen LogP contribution in [0.3, 0.4) is 0 Å². The van der Waals surface area contributed by atoms with Gasteiger partial charge in [0.2, 0.25) is 5.91 Å². The third-order valence-corrected chi connectivity index (χ3v) is 4.95. The average Bonchev–Trinajstić information content (AvgIpc) is 3.09. The number of carbonyl (C=O) groups is 1. The number of halogens is 2. The van der Waals surface area contributed by atoms with Gasteiger partial charge in [0.05, 0.1) is 0 Å². The van der Waals surface area contributed by atoms with Crippen LogP contribution in [0.5, 0.6) is 0 Å². The lowest BCUT2D eigenvalue weighted by molar-refractivity contribution is -0.127. The monoisotopic (exact) mass is 388 g/mol. The van der Waals surface area contributed by atoms with E-state index < -0.39 is 0 Å². The molecular weight excluding hydrogens is 359 g/mol. The molecule has 7 heteroatoms. The van der Waals surface area contributed by atoms with Crippen LogP contribution in [0, 0.1) is 0 Å². The van der Waals surface area contributed by atoms with Crippen LogP contribution in [0.4, 0.5) is 0 Å². The average molecular weight is 389 g/mol. The second-order valence-corrected chi connectivity index (χ2v) is 6.69. The SMILES string of the molecule is CN1CCN(C(C(=O)NCC2CCCN2)c2ccccc2)CC1.Cl.Cl. The normalized spacial score (nSPS) is 22.5. The van der Waals surface area contributed by atoms with E-state index in [1.807, 2.05) is 18.2 Å². The van der Waals surface area contributed by atoms with Gasteiger partial charge in [-0.2, -0.15) is 0 Å². The Kier molecular flexibility index (Phi) is 9.75. The van der Waals surface area contributed by atoms with E-state index in [9.17, 15) is 4.79 Å². The van der Waals surface area contributed by atoms with Crippen molar-refractivity contribution in [3.8, 4) is 0 Å². The smallest absolute Gasteiger partial charge is 0.242 e. The van der Waals surface area contributed by atoms with Crippen LogP contribution >= 0.6 is 24.8 Å². The molecule has 5 nitrogen and oxygen atoms in total. The summed E-state index contributed by atoms with van der Waals surface area (Å²) < 4.78 is 0. The van der Waals surface area contributed by atoms with Crippen LogP contribution in [0.15, 0.2) is 30.3 Å². The lowest BCUT2D eigenvalue weighted by Gasteiger charge is -2.37. The molecule has 2 atom stereocenters. The maximum atomic E-state index is 12.9. The lowest BCUT2D eigenvalue weighted by Crippen LogP contribution is -2.51. The minimum absolute atomic E-state index is 0. The Hall–Kier alpha value is -0.850. The molecule has 3 rings (SSSR count). The number of likely N-dealkylation sites (N-methyl/N-ethyl adjacent to an activating group) is 1. The van der Waals surface area contributed by atoms with E-state index >= 15 is 0 Å². The largest absolute Gasteiger partial charge is 0.353 e. The second-order valence-electron chi connectivity index (χ2n) is 6.69. The molecule has 1 aromatic carbocycles. The molecule has 2 heterocycles. The highest BCUT2D eigenvalue weighted by Crippen LogP contribution is 2.22. The van der Waals surface area contributed by atoms with Crippen LogP contribution < -0.4 is 10.6 Å². The molecular formula is C18H30Cl2N4O. The fourth-order valence-corrected chi connectivity index (χ4v) is 3.49. The summed E-state index contributed by atoms with van der Waals surface area (Å²) in [5.74, 6) is 0.134. The van der Waals surface area contributed by atoms with E-state index in [1.54, 1.807) is 0 Å². The van der Waals surface area contributed by atoms with Gasteiger partial charge in [0.15, 0.2) is 0 Å². The highest BCUT2D eigenvalue weighted by Gasteiger charge is 2.30. The summed E-state index contributed by atoms with van der Waals surface area (Å²) in [5, 5.41) is 6.62. The zero-order valence-electron chi connectivity index (χ0n) is 14.8. The quantitative estimate of drug-likeness (QED) is 0.805. The standard InChI is InChI=1S/C18H28N4O.2ClH/c1-21-10-12-22(13-11-21)17(15-6-3-2-4-7-15)18(23)20-14-16-8-5-9-19-16;;/h2-4,6-7,16-17,19H,5,8-14H2,1H3,(H,20,23);2*1H. The van der Waals surface area contributed by atoms with Crippen molar-refractivity contribution in [3.05, 3.63) is 35.9 Å². The van der Waals surface area contributed by atoms with Gasteiger partial charge in [-0.15, -0.1) is 24.8 Å². The van der Waals surface area contributed by atoms with Crippen molar-refractivity contribution in [1.29, 1.82) is 0 Å². The molecule has 2 unspecified atom stereocenters. The van der Waals surface area contributed by atoms with Gasteiger partial charge in [-0.25, -0.2) is 0 Å². The molecule has 0 aliphatic carbocycles. The number of rotatable bonds is 5. The minimum Gasteiger partial charge on any atom is -0.353 e. The van der Waals surface area contributed by atoms with Crippen molar-refractivity contribution in [2.24, 2.45) is 0 Å². The first-order chi connectivity index (χ1) is 11.2. The van der Waals surface area contributed by atoms with Gasteiger partial charge in [-0.05, 0) is 32.0 Å². The second kappa shape index (κ2) is 11.0. The number of nitrogens with one attached hydrogen (secondary N) is 2. The van der Waals surface area contributed by atoms with E-state index in [2.05, 4.69) is 39.6 Å². The van der Waals surface area contributed by atoms with Crippen molar-refractivity contribution in [1.82, 2.24) is 20.4 Å². The zero-order chi connectivity index (χ0) is 16.1. The third kappa shape index (κ3) is 6.12. The predicted octanol–water partition coefficient (Wildman–Crippen LogP) is 1.69. The number of hydrogen-bond acceptors (Lipinski definition) is 4. The van der Waals surface area contributed by atoms with Crippen LogP contribution in [-0.2, 0) is 4.79 Å². The molecule has 1 aromatic rings. The number of carbonyl (C=O) groups excluding carboxylic acids is 1. The molecule has 0 aromatic heterocycles. The molecule has 1 amide bonds.